The minimum atomic E-state index is -0.0788. The van der Waals surface area contributed by atoms with Crippen LogP contribution in [-0.2, 0) is 4.79 Å². The summed E-state index contributed by atoms with van der Waals surface area (Å²) in [7, 11) is 1.47. The third kappa shape index (κ3) is 3.59. The first-order valence-corrected chi connectivity index (χ1v) is 8.34. The van der Waals surface area contributed by atoms with Crippen molar-refractivity contribution < 1.29 is 14.6 Å². The summed E-state index contributed by atoms with van der Waals surface area (Å²) in [5, 5.41) is 13.8. The number of hydrogen-bond acceptors (Lipinski definition) is 4. The largest absolute Gasteiger partial charge is 0.503 e. The summed E-state index contributed by atoms with van der Waals surface area (Å²) in [4.78, 5) is 12.1. The molecule has 24 heavy (non-hydrogen) atoms. The number of benzene rings is 2. The lowest BCUT2D eigenvalue weighted by molar-refractivity contribution is -0.122. The van der Waals surface area contributed by atoms with Crippen molar-refractivity contribution >= 4 is 28.1 Å². The normalized spacial score (nSPS) is 19.2. The standard InChI is InChI=1S/C18H17BrN2O3/c1-24-16-8-11(7-15(19)17(16)22)10-20-21-18(23)14-9-13(14)12-5-3-2-4-6-12/h2-8,10,13-14,22H,9H2,1H3,(H,21,23)/b20-10+. The van der Waals surface area contributed by atoms with Gasteiger partial charge in [-0.1, -0.05) is 30.3 Å². The highest BCUT2D eigenvalue weighted by Gasteiger charge is 2.43. The molecular weight excluding hydrogens is 372 g/mol. The Kier molecular flexibility index (Phi) is 4.85. The molecule has 2 aromatic rings. The van der Waals surface area contributed by atoms with E-state index in [1.807, 2.05) is 30.3 Å². The molecular formula is C18H17BrN2O3. The van der Waals surface area contributed by atoms with E-state index in [9.17, 15) is 9.90 Å². The summed E-state index contributed by atoms with van der Waals surface area (Å²) in [6.07, 6.45) is 2.37. The molecule has 0 saturated heterocycles. The lowest BCUT2D eigenvalue weighted by atomic mass is 10.1. The summed E-state index contributed by atoms with van der Waals surface area (Å²) in [6.45, 7) is 0. The van der Waals surface area contributed by atoms with Gasteiger partial charge in [0.15, 0.2) is 11.5 Å². The third-order valence-electron chi connectivity index (χ3n) is 4.01. The Morgan fingerprint density at radius 2 is 2.12 bits per heavy atom. The van der Waals surface area contributed by atoms with Gasteiger partial charge in [-0.25, -0.2) is 5.43 Å². The predicted octanol–water partition coefficient (Wildman–Crippen LogP) is 3.42. The zero-order valence-electron chi connectivity index (χ0n) is 13.1. The average Bonchev–Trinajstić information content (AvgIpc) is 3.39. The molecule has 1 amide bonds. The fraction of sp³-hybridized carbons (Fsp3) is 0.222. The van der Waals surface area contributed by atoms with E-state index in [1.54, 1.807) is 12.1 Å². The number of phenols is 1. The molecule has 6 heteroatoms. The van der Waals surface area contributed by atoms with Crippen LogP contribution >= 0.6 is 15.9 Å². The number of amides is 1. The maximum atomic E-state index is 12.1. The van der Waals surface area contributed by atoms with Crippen molar-refractivity contribution in [3.8, 4) is 11.5 Å². The Bertz CT molecular complexity index is 777. The number of carbonyl (C=O) groups excluding carboxylic acids is 1. The van der Waals surface area contributed by atoms with Gasteiger partial charge in [0.1, 0.15) is 0 Å². The minimum absolute atomic E-state index is 0.0226. The maximum Gasteiger partial charge on any atom is 0.243 e. The summed E-state index contributed by atoms with van der Waals surface area (Å²) in [5.41, 5.74) is 4.47. The van der Waals surface area contributed by atoms with E-state index in [4.69, 9.17) is 4.74 Å². The van der Waals surface area contributed by atoms with Crippen LogP contribution in [0.3, 0.4) is 0 Å². The van der Waals surface area contributed by atoms with Crippen LogP contribution in [0.2, 0.25) is 0 Å². The second kappa shape index (κ2) is 7.05. The minimum Gasteiger partial charge on any atom is -0.503 e. The quantitative estimate of drug-likeness (QED) is 0.608. The highest BCUT2D eigenvalue weighted by atomic mass is 79.9. The highest BCUT2D eigenvalue weighted by molar-refractivity contribution is 9.10. The molecule has 0 bridgehead atoms. The zero-order chi connectivity index (χ0) is 17.1. The number of halogens is 1. The maximum absolute atomic E-state index is 12.1. The number of hydrazone groups is 1. The molecule has 1 fully saturated rings. The Hall–Kier alpha value is -2.34. The van der Waals surface area contributed by atoms with Gasteiger partial charge in [-0.2, -0.15) is 5.10 Å². The topological polar surface area (TPSA) is 70.9 Å². The van der Waals surface area contributed by atoms with E-state index < -0.39 is 0 Å². The Labute approximate surface area is 148 Å². The van der Waals surface area contributed by atoms with Gasteiger partial charge < -0.3 is 9.84 Å². The summed E-state index contributed by atoms with van der Waals surface area (Å²) in [6, 6.07) is 13.4. The molecule has 0 radical (unpaired) electrons. The van der Waals surface area contributed by atoms with E-state index in [-0.39, 0.29) is 23.5 Å². The smallest absolute Gasteiger partial charge is 0.243 e. The number of nitrogens with one attached hydrogen (secondary N) is 1. The number of nitrogens with zero attached hydrogens (tertiary/aromatic N) is 1. The van der Waals surface area contributed by atoms with Gasteiger partial charge in [0, 0.05) is 5.92 Å². The van der Waals surface area contributed by atoms with Crippen LogP contribution in [0.15, 0.2) is 52.0 Å². The number of rotatable bonds is 5. The average molecular weight is 389 g/mol. The number of phenolic OH excluding ortho intramolecular Hbond substituents is 1. The van der Waals surface area contributed by atoms with E-state index in [1.165, 1.54) is 18.9 Å². The van der Waals surface area contributed by atoms with Crippen molar-refractivity contribution in [2.45, 2.75) is 12.3 Å². The molecule has 124 valence electrons. The van der Waals surface area contributed by atoms with Crippen molar-refractivity contribution in [3.63, 3.8) is 0 Å². The van der Waals surface area contributed by atoms with Crippen LogP contribution in [0, 0.1) is 5.92 Å². The van der Waals surface area contributed by atoms with Gasteiger partial charge >= 0.3 is 0 Å². The molecule has 3 rings (SSSR count). The first-order chi connectivity index (χ1) is 11.6. The molecule has 2 aromatic carbocycles. The van der Waals surface area contributed by atoms with Crippen LogP contribution in [0.25, 0.3) is 0 Å². The van der Waals surface area contributed by atoms with Gasteiger partial charge in [-0.15, -0.1) is 0 Å². The van der Waals surface area contributed by atoms with Gasteiger partial charge in [0.2, 0.25) is 5.91 Å². The van der Waals surface area contributed by atoms with E-state index in [0.29, 0.717) is 15.8 Å². The van der Waals surface area contributed by atoms with Gasteiger partial charge in [0.05, 0.1) is 17.8 Å². The number of hydrogen-bond donors (Lipinski definition) is 2. The van der Waals surface area contributed by atoms with Crippen LogP contribution < -0.4 is 10.2 Å². The van der Waals surface area contributed by atoms with E-state index >= 15 is 0 Å². The summed E-state index contributed by atoms with van der Waals surface area (Å²) >= 11 is 3.25. The molecule has 1 aliphatic carbocycles. The van der Waals surface area contributed by atoms with Gasteiger partial charge in [-0.3, -0.25) is 4.79 Å². The lowest BCUT2D eigenvalue weighted by Crippen LogP contribution is -2.20. The van der Waals surface area contributed by atoms with Crippen LogP contribution in [0.5, 0.6) is 11.5 Å². The Morgan fingerprint density at radius 1 is 1.38 bits per heavy atom. The third-order valence-corrected chi connectivity index (χ3v) is 4.62. The number of aromatic hydroxyl groups is 1. The molecule has 0 aliphatic heterocycles. The van der Waals surface area contributed by atoms with Gasteiger partial charge in [-0.05, 0) is 51.5 Å². The monoisotopic (exact) mass is 388 g/mol. The fourth-order valence-electron chi connectivity index (χ4n) is 2.63. The fourth-order valence-corrected chi connectivity index (χ4v) is 3.09. The number of carbonyl (C=O) groups is 1. The molecule has 1 saturated carbocycles. The van der Waals surface area contributed by atoms with Crippen LogP contribution in [0.1, 0.15) is 23.5 Å². The number of methoxy groups -OCH3 is 1. The molecule has 2 atom stereocenters. The van der Waals surface area contributed by atoms with Crippen LogP contribution in [0.4, 0.5) is 0 Å². The van der Waals surface area contributed by atoms with Crippen LogP contribution in [-0.4, -0.2) is 24.3 Å². The molecule has 2 N–H and O–H groups in total. The SMILES string of the molecule is COc1cc(/C=N/NC(=O)C2CC2c2ccccc2)cc(Br)c1O. The zero-order valence-corrected chi connectivity index (χ0v) is 14.7. The second-order valence-electron chi connectivity index (χ2n) is 5.65. The molecule has 0 spiro atoms. The summed E-state index contributed by atoms with van der Waals surface area (Å²) < 4.78 is 5.58. The van der Waals surface area contributed by atoms with Crippen molar-refractivity contribution in [2.75, 3.05) is 7.11 Å². The van der Waals surface area contributed by atoms with E-state index in [0.717, 1.165) is 6.42 Å². The first-order valence-electron chi connectivity index (χ1n) is 7.54. The highest BCUT2D eigenvalue weighted by Crippen LogP contribution is 2.47. The van der Waals surface area contributed by atoms with Gasteiger partial charge in [0.25, 0.3) is 0 Å². The predicted molar refractivity (Wildman–Crippen MR) is 95.4 cm³/mol. The molecule has 0 heterocycles. The summed E-state index contributed by atoms with van der Waals surface area (Å²) in [5.74, 6) is 0.547. The first kappa shape index (κ1) is 16.5. The van der Waals surface area contributed by atoms with Crippen molar-refractivity contribution in [1.82, 2.24) is 5.43 Å². The van der Waals surface area contributed by atoms with Crippen molar-refractivity contribution in [1.29, 1.82) is 0 Å². The van der Waals surface area contributed by atoms with Crippen molar-refractivity contribution in [3.05, 3.63) is 58.1 Å². The number of ether oxygens (including phenoxy) is 1. The molecule has 2 unspecified atom stereocenters. The second-order valence-corrected chi connectivity index (χ2v) is 6.50. The van der Waals surface area contributed by atoms with E-state index in [2.05, 4.69) is 26.5 Å². The molecule has 1 aliphatic rings. The molecule has 5 nitrogen and oxygen atoms in total. The van der Waals surface area contributed by atoms with Crippen molar-refractivity contribution in [2.24, 2.45) is 11.0 Å². The Balaban J connectivity index is 1.59. The lowest BCUT2D eigenvalue weighted by Gasteiger charge is -2.06. The Morgan fingerprint density at radius 3 is 2.83 bits per heavy atom. The molecule has 0 aromatic heterocycles.